The van der Waals surface area contributed by atoms with Gasteiger partial charge in [0.25, 0.3) is 5.89 Å². The van der Waals surface area contributed by atoms with Gasteiger partial charge in [-0.05, 0) is 49.7 Å². The van der Waals surface area contributed by atoms with E-state index in [9.17, 15) is 0 Å². The maximum atomic E-state index is 5.96. The number of halogens is 1. The maximum Gasteiger partial charge on any atom is 0.267 e. The van der Waals surface area contributed by atoms with Gasteiger partial charge in [-0.2, -0.15) is 4.98 Å². The molecule has 1 unspecified atom stereocenters. The van der Waals surface area contributed by atoms with E-state index in [0.717, 1.165) is 22.6 Å². The molecule has 1 atom stereocenters. The average molecular weight is 345 g/mol. The molecule has 0 saturated heterocycles. The first-order chi connectivity index (χ1) is 11.6. The molecular formula is C18H17ClN2O3. The summed E-state index contributed by atoms with van der Waals surface area (Å²) in [7, 11) is 1.62. The third kappa shape index (κ3) is 3.51. The zero-order chi connectivity index (χ0) is 17.1. The minimum atomic E-state index is -0.378. The van der Waals surface area contributed by atoms with Crippen LogP contribution in [0.1, 0.15) is 24.5 Å². The van der Waals surface area contributed by atoms with E-state index in [1.807, 2.05) is 50.2 Å². The lowest BCUT2D eigenvalue weighted by Gasteiger charge is -2.13. The Labute approximate surface area is 145 Å². The lowest BCUT2D eigenvalue weighted by molar-refractivity contribution is 0.175. The molecule has 0 saturated carbocycles. The summed E-state index contributed by atoms with van der Waals surface area (Å²) < 4.78 is 16.4. The van der Waals surface area contributed by atoms with Crippen LogP contribution in [0, 0.1) is 6.92 Å². The molecule has 0 amide bonds. The quantitative estimate of drug-likeness (QED) is 0.662. The number of benzene rings is 2. The summed E-state index contributed by atoms with van der Waals surface area (Å²) in [5.74, 6) is 2.36. The minimum Gasteiger partial charge on any atom is -0.497 e. The van der Waals surface area contributed by atoms with Crippen molar-refractivity contribution in [3.05, 3.63) is 58.9 Å². The van der Waals surface area contributed by atoms with Crippen molar-refractivity contribution in [3.63, 3.8) is 0 Å². The molecule has 0 aliphatic heterocycles. The average Bonchev–Trinajstić information content (AvgIpc) is 3.07. The summed E-state index contributed by atoms with van der Waals surface area (Å²) in [5.41, 5.74) is 1.76. The molecule has 0 radical (unpaired) electrons. The number of hydrogen-bond donors (Lipinski definition) is 0. The fourth-order valence-corrected chi connectivity index (χ4v) is 2.49. The smallest absolute Gasteiger partial charge is 0.267 e. The van der Waals surface area contributed by atoms with Gasteiger partial charge < -0.3 is 14.0 Å². The molecule has 1 aromatic heterocycles. The third-order valence-electron chi connectivity index (χ3n) is 3.56. The molecular weight excluding hydrogens is 328 g/mol. The maximum absolute atomic E-state index is 5.96. The van der Waals surface area contributed by atoms with Crippen LogP contribution in [-0.4, -0.2) is 17.3 Å². The summed E-state index contributed by atoms with van der Waals surface area (Å²) in [6.07, 6.45) is -0.378. The fourth-order valence-electron chi connectivity index (χ4n) is 2.27. The molecule has 0 fully saturated rings. The zero-order valence-electron chi connectivity index (χ0n) is 13.6. The summed E-state index contributed by atoms with van der Waals surface area (Å²) >= 11 is 5.96. The van der Waals surface area contributed by atoms with E-state index in [1.165, 1.54) is 0 Å². The summed E-state index contributed by atoms with van der Waals surface area (Å²) in [6.45, 7) is 3.79. The van der Waals surface area contributed by atoms with Crippen LogP contribution in [0.2, 0.25) is 5.02 Å². The van der Waals surface area contributed by atoms with Gasteiger partial charge in [0, 0.05) is 10.6 Å². The molecule has 0 bridgehead atoms. The first-order valence-corrected chi connectivity index (χ1v) is 7.85. The second kappa shape index (κ2) is 6.93. The Morgan fingerprint density at radius 2 is 2.00 bits per heavy atom. The van der Waals surface area contributed by atoms with Crippen molar-refractivity contribution in [2.24, 2.45) is 0 Å². The zero-order valence-corrected chi connectivity index (χ0v) is 14.4. The van der Waals surface area contributed by atoms with Gasteiger partial charge in [-0.25, -0.2) is 0 Å². The molecule has 124 valence electrons. The van der Waals surface area contributed by atoms with Crippen LogP contribution in [0.4, 0.5) is 0 Å². The number of aromatic nitrogens is 2. The highest BCUT2D eigenvalue weighted by molar-refractivity contribution is 6.30. The summed E-state index contributed by atoms with van der Waals surface area (Å²) in [6, 6.07) is 12.9. The molecule has 24 heavy (non-hydrogen) atoms. The molecule has 0 aliphatic carbocycles. The van der Waals surface area contributed by atoms with Gasteiger partial charge in [0.1, 0.15) is 11.5 Å². The largest absolute Gasteiger partial charge is 0.497 e. The van der Waals surface area contributed by atoms with Crippen molar-refractivity contribution < 1.29 is 14.0 Å². The summed E-state index contributed by atoms with van der Waals surface area (Å²) in [5, 5.41) is 4.69. The second-order valence-corrected chi connectivity index (χ2v) is 5.79. The van der Waals surface area contributed by atoms with E-state index in [0.29, 0.717) is 16.7 Å². The van der Waals surface area contributed by atoms with Gasteiger partial charge in [-0.3, -0.25) is 0 Å². The van der Waals surface area contributed by atoms with E-state index >= 15 is 0 Å². The predicted octanol–water partition coefficient (Wildman–Crippen LogP) is 4.85. The highest BCUT2D eigenvalue weighted by atomic mass is 35.5. The number of rotatable bonds is 5. The molecule has 6 heteroatoms. The Morgan fingerprint density at radius 1 is 1.17 bits per heavy atom. The van der Waals surface area contributed by atoms with Crippen LogP contribution < -0.4 is 9.47 Å². The van der Waals surface area contributed by atoms with Crippen molar-refractivity contribution >= 4 is 11.6 Å². The van der Waals surface area contributed by atoms with Crippen molar-refractivity contribution in [1.82, 2.24) is 10.1 Å². The van der Waals surface area contributed by atoms with E-state index in [2.05, 4.69) is 10.1 Å². The molecule has 0 N–H and O–H groups in total. The first-order valence-electron chi connectivity index (χ1n) is 7.47. The highest BCUT2D eigenvalue weighted by Gasteiger charge is 2.18. The lowest BCUT2D eigenvalue weighted by Crippen LogP contribution is -2.04. The van der Waals surface area contributed by atoms with Crippen LogP contribution >= 0.6 is 11.6 Å². The normalized spacial score (nSPS) is 12.0. The summed E-state index contributed by atoms with van der Waals surface area (Å²) in [4.78, 5) is 4.41. The van der Waals surface area contributed by atoms with Crippen molar-refractivity contribution in [2.45, 2.75) is 20.0 Å². The number of ether oxygens (including phenoxy) is 2. The van der Waals surface area contributed by atoms with Crippen molar-refractivity contribution in [2.75, 3.05) is 7.11 Å². The molecule has 1 heterocycles. The van der Waals surface area contributed by atoms with Gasteiger partial charge in [-0.15, -0.1) is 0 Å². The molecule has 2 aromatic carbocycles. The van der Waals surface area contributed by atoms with Gasteiger partial charge in [0.2, 0.25) is 5.82 Å². The van der Waals surface area contributed by atoms with E-state index in [1.54, 1.807) is 13.2 Å². The van der Waals surface area contributed by atoms with Crippen molar-refractivity contribution in [1.29, 1.82) is 0 Å². The standard InChI is InChI=1S/C18H17ClN2O3/c1-11-9-14(19)7-8-16(11)23-12(2)18-20-17(21-24-18)13-5-4-6-15(10-13)22-3/h4-10,12H,1-3H3. The molecule has 3 rings (SSSR count). The Bertz CT molecular complexity index is 848. The number of nitrogens with zero attached hydrogens (tertiary/aromatic N) is 2. The molecule has 0 spiro atoms. The van der Waals surface area contributed by atoms with Crippen LogP contribution in [0.5, 0.6) is 11.5 Å². The minimum absolute atomic E-state index is 0.378. The molecule has 3 aromatic rings. The number of methoxy groups -OCH3 is 1. The highest BCUT2D eigenvalue weighted by Crippen LogP contribution is 2.28. The Balaban J connectivity index is 1.79. The van der Waals surface area contributed by atoms with Gasteiger partial charge in [0.05, 0.1) is 7.11 Å². The number of aryl methyl sites for hydroxylation is 1. The van der Waals surface area contributed by atoms with Crippen LogP contribution in [0.15, 0.2) is 47.0 Å². The Hall–Kier alpha value is -2.53. The topological polar surface area (TPSA) is 57.4 Å². The Kier molecular flexibility index (Phi) is 4.71. The fraction of sp³-hybridized carbons (Fsp3) is 0.222. The van der Waals surface area contributed by atoms with E-state index in [4.69, 9.17) is 25.6 Å². The second-order valence-electron chi connectivity index (χ2n) is 5.36. The Morgan fingerprint density at radius 3 is 2.75 bits per heavy atom. The monoisotopic (exact) mass is 344 g/mol. The van der Waals surface area contributed by atoms with Crippen LogP contribution in [0.25, 0.3) is 11.4 Å². The van der Waals surface area contributed by atoms with Gasteiger partial charge in [0.15, 0.2) is 6.10 Å². The lowest BCUT2D eigenvalue weighted by atomic mass is 10.2. The molecule has 0 aliphatic rings. The first kappa shape index (κ1) is 16.3. The van der Waals surface area contributed by atoms with Gasteiger partial charge >= 0.3 is 0 Å². The number of hydrogen-bond acceptors (Lipinski definition) is 5. The molecule has 5 nitrogen and oxygen atoms in total. The van der Waals surface area contributed by atoms with Gasteiger partial charge in [-0.1, -0.05) is 28.9 Å². The van der Waals surface area contributed by atoms with Crippen LogP contribution in [-0.2, 0) is 0 Å². The van der Waals surface area contributed by atoms with Crippen LogP contribution in [0.3, 0.4) is 0 Å². The predicted molar refractivity (Wildman–Crippen MR) is 91.5 cm³/mol. The third-order valence-corrected chi connectivity index (χ3v) is 3.79. The van der Waals surface area contributed by atoms with E-state index < -0.39 is 0 Å². The van der Waals surface area contributed by atoms with Crippen molar-refractivity contribution in [3.8, 4) is 22.9 Å². The van der Waals surface area contributed by atoms with E-state index in [-0.39, 0.29) is 6.10 Å². The SMILES string of the molecule is COc1cccc(-c2noc(C(C)Oc3ccc(Cl)cc3C)n2)c1.